The molecule has 0 saturated carbocycles. The van der Waals surface area contributed by atoms with Gasteiger partial charge in [0, 0.05) is 36.4 Å². The number of fused-ring (bicyclic) bond motifs is 4. The van der Waals surface area contributed by atoms with Crippen molar-refractivity contribution >= 4 is 17.1 Å². The van der Waals surface area contributed by atoms with Crippen LogP contribution < -0.4 is 4.90 Å². The molecule has 2 aromatic heterocycles. The molecular formula is C30H21N3. The fraction of sp³-hybridized carbons (Fsp3) is 0.0667. The van der Waals surface area contributed by atoms with Crippen LogP contribution in [0.2, 0.25) is 0 Å². The third kappa shape index (κ3) is 2.90. The first-order valence-electron chi connectivity index (χ1n) is 11.3. The molecule has 5 aromatic rings. The Labute approximate surface area is 193 Å². The summed E-state index contributed by atoms with van der Waals surface area (Å²) in [5, 5.41) is 0. The molecule has 2 aliphatic rings. The van der Waals surface area contributed by atoms with Crippen molar-refractivity contribution in [3.8, 4) is 22.5 Å². The fourth-order valence-electron chi connectivity index (χ4n) is 5.23. The van der Waals surface area contributed by atoms with Gasteiger partial charge in [-0.3, -0.25) is 9.97 Å². The molecule has 156 valence electrons. The number of pyridine rings is 2. The quantitative estimate of drug-likeness (QED) is 0.297. The van der Waals surface area contributed by atoms with Crippen molar-refractivity contribution in [1.29, 1.82) is 0 Å². The molecule has 0 spiro atoms. The van der Waals surface area contributed by atoms with Gasteiger partial charge < -0.3 is 4.90 Å². The maximum atomic E-state index is 4.60. The fourth-order valence-corrected chi connectivity index (χ4v) is 5.23. The SMILES string of the molecule is c1ccc(-c2ccc3c(c2)N2c4cc(-c5ccccn5)ccc4Cc4cccc(c42)C3)nc1. The van der Waals surface area contributed by atoms with E-state index in [1.807, 2.05) is 36.7 Å². The van der Waals surface area contributed by atoms with Crippen LogP contribution in [-0.2, 0) is 12.8 Å². The highest BCUT2D eigenvalue weighted by molar-refractivity contribution is 5.91. The van der Waals surface area contributed by atoms with E-state index in [1.54, 1.807) is 0 Å². The monoisotopic (exact) mass is 423 g/mol. The second kappa shape index (κ2) is 7.14. The average molecular weight is 424 g/mol. The van der Waals surface area contributed by atoms with Crippen LogP contribution in [0.15, 0.2) is 103 Å². The maximum Gasteiger partial charge on any atom is 0.0702 e. The van der Waals surface area contributed by atoms with Crippen LogP contribution in [0.4, 0.5) is 17.1 Å². The lowest BCUT2D eigenvalue weighted by atomic mass is 9.85. The number of benzene rings is 3. The van der Waals surface area contributed by atoms with Gasteiger partial charge in [-0.15, -0.1) is 0 Å². The van der Waals surface area contributed by atoms with E-state index in [4.69, 9.17) is 0 Å². The molecule has 0 unspecified atom stereocenters. The molecule has 2 aliphatic heterocycles. The van der Waals surface area contributed by atoms with E-state index in [2.05, 4.69) is 81.6 Å². The number of hydrogen-bond acceptors (Lipinski definition) is 3. The molecule has 0 N–H and O–H groups in total. The van der Waals surface area contributed by atoms with Crippen molar-refractivity contribution in [3.63, 3.8) is 0 Å². The summed E-state index contributed by atoms with van der Waals surface area (Å²) in [7, 11) is 0. The molecular weight excluding hydrogens is 402 g/mol. The van der Waals surface area contributed by atoms with Crippen molar-refractivity contribution < 1.29 is 0 Å². The number of nitrogens with zero attached hydrogens (tertiary/aromatic N) is 3. The van der Waals surface area contributed by atoms with Crippen molar-refractivity contribution in [2.45, 2.75) is 12.8 Å². The summed E-state index contributed by atoms with van der Waals surface area (Å²) in [6.07, 6.45) is 5.62. The largest absolute Gasteiger partial charge is 0.309 e. The van der Waals surface area contributed by atoms with Crippen molar-refractivity contribution in [3.05, 3.63) is 126 Å². The average Bonchev–Trinajstić information content (AvgIpc) is 2.89. The zero-order valence-electron chi connectivity index (χ0n) is 18.1. The molecule has 0 saturated heterocycles. The first-order chi connectivity index (χ1) is 16.3. The van der Waals surface area contributed by atoms with Gasteiger partial charge in [0.25, 0.3) is 0 Å². The van der Waals surface area contributed by atoms with E-state index in [0.29, 0.717) is 0 Å². The van der Waals surface area contributed by atoms with Crippen molar-refractivity contribution in [1.82, 2.24) is 9.97 Å². The normalized spacial score (nSPS) is 13.2. The zero-order chi connectivity index (χ0) is 21.8. The number of anilines is 3. The summed E-state index contributed by atoms with van der Waals surface area (Å²) < 4.78 is 0. The highest BCUT2D eigenvalue weighted by Gasteiger charge is 2.31. The molecule has 0 fully saturated rings. The van der Waals surface area contributed by atoms with Crippen LogP contribution in [0.1, 0.15) is 22.3 Å². The summed E-state index contributed by atoms with van der Waals surface area (Å²) >= 11 is 0. The van der Waals surface area contributed by atoms with Crippen LogP contribution in [-0.4, -0.2) is 9.97 Å². The second-order valence-corrected chi connectivity index (χ2v) is 8.73. The number of rotatable bonds is 2. The minimum absolute atomic E-state index is 0.951. The Morgan fingerprint density at radius 3 is 1.55 bits per heavy atom. The van der Waals surface area contributed by atoms with E-state index in [-0.39, 0.29) is 0 Å². The Morgan fingerprint density at radius 2 is 1.06 bits per heavy atom. The van der Waals surface area contributed by atoms with E-state index in [9.17, 15) is 0 Å². The van der Waals surface area contributed by atoms with Crippen LogP contribution >= 0.6 is 0 Å². The Bertz CT molecular complexity index is 1400. The van der Waals surface area contributed by atoms with Crippen LogP contribution in [0.25, 0.3) is 22.5 Å². The Hall–Kier alpha value is -4.24. The summed E-state index contributed by atoms with van der Waals surface area (Å²) in [6, 6.07) is 32.5. The Balaban J connectivity index is 1.46. The molecule has 3 heteroatoms. The van der Waals surface area contributed by atoms with Gasteiger partial charge in [0.05, 0.1) is 28.5 Å². The summed E-state index contributed by atoms with van der Waals surface area (Å²) in [4.78, 5) is 11.7. The third-order valence-electron chi connectivity index (χ3n) is 6.76. The lowest BCUT2D eigenvalue weighted by molar-refractivity contribution is 1.01. The van der Waals surface area contributed by atoms with E-state index < -0.39 is 0 Å². The Kier molecular flexibility index (Phi) is 3.97. The van der Waals surface area contributed by atoms with Gasteiger partial charge in [0.1, 0.15) is 0 Å². The third-order valence-corrected chi connectivity index (χ3v) is 6.76. The molecule has 0 radical (unpaired) electrons. The zero-order valence-corrected chi connectivity index (χ0v) is 18.1. The van der Waals surface area contributed by atoms with Gasteiger partial charge in [0.15, 0.2) is 0 Å². The first-order valence-corrected chi connectivity index (χ1v) is 11.3. The van der Waals surface area contributed by atoms with Crippen molar-refractivity contribution in [2.75, 3.05) is 4.90 Å². The summed E-state index contributed by atoms with van der Waals surface area (Å²) in [6.45, 7) is 0. The van der Waals surface area contributed by atoms with Crippen LogP contribution in [0.5, 0.6) is 0 Å². The molecule has 33 heavy (non-hydrogen) atoms. The first kappa shape index (κ1) is 18.3. The molecule has 0 bridgehead atoms. The molecule has 0 atom stereocenters. The highest BCUT2D eigenvalue weighted by atomic mass is 15.2. The smallest absolute Gasteiger partial charge is 0.0702 e. The van der Waals surface area contributed by atoms with Gasteiger partial charge in [-0.1, -0.05) is 54.6 Å². The number of para-hydroxylation sites is 1. The molecule has 3 nitrogen and oxygen atoms in total. The topological polar surface area (TPSA) is 29.0 Å². The summed E-state index contributed by atoms with van der Waals surface area (Å²) in [5.41, 5.74) is 13.6. The molecule has 4 heterocycles. The molecule has 0 aliphatic carbocycles. The highest BCUT2D eigenvalue weighted by Crippen LogP contribution is 2.51. The maximum absolute atomic E-state index is 4.60. The van der Waals surface area contributed by atoms with Gasteiger partial charge >= 0.3 is 0 Å². The minimum Gasteiger partial charge on any atom is -0.309 e. The second-order valence-electron chi connectivity index (χ2n) is 8.73. The molecule has 7 rings (SSSR count). The lowest BCUT2D eigenvalue weighted by Gasteiger charge is -2.39. The van der Waals surface area contributed by atoms with Gasteiger partial charge in [0.2, 0.25) is 0 Å². The van der Waals surface area contributed by atoms with Crippen LogP contribution in [0.3, 0.4) is 0 Å². The molecule has 0 amide bonds. The van der Waals surface area contributed by atoms with Gasteiger partial charge in [-0.05, 0) is 58.7 Å². The molecule has 3 aromatic carbocycles. The number of aromatic nitrogens is 2. The van der Waals surface area contributed by atoms with Gasteiger partial charge in [-0.25, -0.2) is 0 Å². The number of hydrogen-bond donors (Lipinski definition) is 0. The van der Waals surface area contributed by atoms with E-state index in [1.165, 1.54) is 39.3 Å². The predicted octanol–water partition coefficient (Wildman–Crippen LogP) is 7.09. The van der Waals surface area contributed by atoms with Crippen LogP contribution in [0, 0.1) is 0 Å². The van der Waals surface area contributed by atoms with E-state index >= 15 is 0 Å². The standard InChI is InChI=1S/C30H21N3/c1-3-14-31-26(8-1)20-10-12-22-16-24-6-5-7-25-17-23-13-11-21(27-9-2-4-15-32-27)19-29(23)33(30(24)25)28(22)18-20/h1-15,18-19H,16-17H2. The summed E-state index contributed by atoms with van der Waals surface area (Å²) in [5.74, 6) is 0. The minimum atomic E-state index is 0.951. The van der Waals surface area contributed by atoms with E-state index in [0.717, 1.165) is 35.4 Å². The lowest BCUT2D eigenvalue weighted by Crippen LogP contribution is -2.24. The van der Waals surface area contributed by atoms with Crippen molar-refractivity contribution in [2.24, 2.45) is 0 Å². The van der Waals surface area contributed by atoms with Gasteiger partial charge in [-0.2, -0.15) is 0 Å². The Morgan fingerprint density at radius 1 is 0.515 bits per heavy atom. The predicted molar refractivity (Wildman–Crippen MR) is 133 cm³/mol.